The van der Waals surface area contributed by atoms with E-state index in [1.807, 2.05) is 23.5 Å². The summed E-state index contributed by atoms with van der Waals surface area (Å²) >= 11 is 1.86. The average Bonchev–Trinajstić information content (AvgIpc) is 3.81. The normalized spacial score (nSPS) is 13.3. The molecule has 0 unspecified atom stereocenters. The highest BCUT2D eigenvalue weighted by Gasteiger charge is 2.35. The van der Waals surface area contributed by atoms with Gasteiger partial charge < -0.3 is 9.32 Å². The number of hydrogen-bond acceptors (Lipinski definition) is 3. The molecule has 0 N–H and O–H groups in total. The number of fused-ring (bicyclic) bond motifs is 10. The molecule has 11 rings (SSSR count). The van der Waals surface area contributed by atoms with E-state index >= 15 is 0 Å². The lowest BCUT2D eigenvalue weighted by Crippen LogP contribution is -2.16. The minimum absolute atomic E-state index is 0.0927. The van der Waals surface area contributed by atoms with E-state index in [1.165, 1.54) is 64.3 Å². The van der Waals surface area contributed by atoms with Gasteiger partial charge in [-0.3, -0.25) is 0 Å². The Morgan fingerprint density at radius 2 is 1.13 bits per heavy atom. The molecule has 0 saturated heterocycles. The van der Waals surface area contributed by atoms with Gasteiger partial charge in [0.05, 0.1) is 0 Å². The third-order valence-corrected chi connectivity index (χ3v) is 12.4. The molecule has 2 aromatic heterocycles. The predicted octanol–water partition coefficient (Wildman–Crippen LogP) is 14.6. The van der Waals surface area contributed by atoms with E-state index in [-0.39, 0.29) is 5.41 Å². The Kier molecular flexibility index (Phi) is 6.21. The van der Waals surface area contributed by atoms with Gasteiger partial charge in [0.2, 0.25) is 0 Å². The molecule has 0 spiro atoms. The maximum Gasteiger partial charge on any atom is 0.136 e. The number of anilines is 3. The van der Waals surface area contributed by atoms with Gasteiger partial charge in [-0.2, -0.15) is 0 Å². The third kappa shape index (κ3) is 4.30. The van der Waals surface area contributed by atoms with Crippen LogP contribution in [0.5, 0.6) is 0 Å². The molecular formula is C49H33NOS. The molecule has 0 fully saturated rings. The molecule has 0 aliphatic heterocycles. The summed E-state index contributed by atoms with van der Waals surface area (Å²) in [5, 5.41) is 7.30. The van der Waals surface area contributed by atoms with Crippen LogP contribution in [-0.4, -0.2) is 0 Å². The van der Waals surface area contributed by atoms with Gasteiger partial charge in [0.1, 0.15) is 11.2 Å². The molecule has 1 aliphatic carbocycles. The van der Waals surface area contributed by atoms with Gasteiger partial charge in [0.15, 0.2) is 0 Å². The maximum atomic E-state index is 6.31. The molecule has 0 amide bonds. The quantitative estimate of drug-likeness (QED) is 0.184. The lowest BCUT2D eigenvalue weighted by molar-refractivity contribution is 0.660. The van der Waals surface area contributed by atoms with Gasteiger partial charge in [-0.05, 0) is 111 Å². The van der Waals surface area contributed by atoms with Crippen LogP contribution in [0, 0.1) is 0 Å². The van der Waals surface area contributed by atoms with Crippen molar-refractivity contribution in [3.8, 4) is 22.3 Å². The molecular weight excluding hydrogens is 651 g/mol. The second kappa shape index (κ2) is 10.9. The van der Waals surface area contributed by atoms with E-state index in [2.05, 4.69) is 170 Å². The standard InChI is InChI=1S/C49H33NOS/c1-49(2)43-15-6-3-11-36(43)37-24-22-34(28-44(37)49)50(33-23-25-48-42(27-33)39-13-5-8-17-47(39)52-48)32-20-18-30(19-21-32)35-14-9-10-31-26-41-38-12-4-7-16-45(38)51-46(41)29-40(31)35/h3-29H,1-2H3. The summed E-state index contributed by atoms with van der Waals surface area (Å²) < 4.78 is 8.94. The highest BCUT2D eigenvalue weighted by atomic mass is 32.1. The number of benzene rings is 8. The van der Waals surface area contributed by atoms with Crippen LogP contribution in [0.1, 0.15) is 25.0 Å². The van der Waals surface area contributed by atoms with Crippen LogP contribution in [0.4, 0.5) is 17.1 Å². The first kappa shape index (κ1) is 29.6. The SMILES string of the molecule is CC1(C)c2ccccc2-c2ccc(N(c3ccc(-c4cccc5cc6c(cc45)oc4ccccc46)cc3)c3ccc4sc5ccccc5c4c3)cc21. The summed E-state index contributed by atoms with van der Waals surface area (Å²) in [6.45, 7) is 4.71. The van der Waals surface area contributed by atoms with Crippen LogP contribution in [0.25, 0.3) is 75.1 Å². The van der Waals surface area contributed by atoms with Gasteiger partial charge in [0, 0.05) is 53.4 Å². The second-order valence-corrected chi connectivity index (χ2v) is 15.6. The fourth-order valence-electron chi connectivity index (χ4n) is 8.67. The molecule has 3 heteroatoms. The van der Waals surface area contributed by atoms with Gasteiger partial charge >= 0.3 is 0 Å². The summed E-state index contributed by atoms with van der Waals surface area (Å²) in [7, 11) is 0. The Labute approximate surface area is 305 Å². The van der Waals surface area contributed by atoms with Crippen molar-refractivity contribution in [1.82, 2.24) is 0 Å². The minimum atomic E-state index is -0.0927. The molecule has 2 heterocycles. The number of thiophene rings is 1. The number of para-hydroxylation sites is 1. The zero-order chi connectivity index (χ0) is 34.6. The summed E-state index contributed by atoms with van der Waals surface area (Å²) in [4.78, 5) is 2.43. The molecule has 246 valence electrons. The molecule has 0 atom stereocenters. The van der Waals surface area contributed by atoms with Crippen molar-refractivity contribution < 1.29 is 4.42 Å². The molecule has 0 bridgehead atoms. The van der Waals surface area contributed by atoms with E-state index in [0.29, 0.717) is 0 Å². The summed E-state index contributed by atoms with van der Waals surface area (Å²) in [6.07, 6.45) is 0. The predicted molar refractivity (Wildman–Crippen MR) is 222 cm³/mol. The van der Waals surface area contributed by atoms with Crippen LogP contribution >= 0.6 is 11.3 Å². The smallest absolute Gasteiger partial charge is 0.136 e. The number of furan rings is 1. The Morgan fingerprint density at radius 1 is 0.442 bits per heavy atom. The fourth-order valence-corrected chi connectivity index (χ4v) is 9.76. The van der Waals surface area contributed by atoms with E-state index < -0.39 is 0 Å². The minimum Gasteiger partial charge on any atom is -0.456 e. The fraction of sp³-hybridized carbons (Fsp3) is 0.0612. The van der Waals surface area contributed by atoms with E-state index in [4.69, 9.17) is 4.42 Å². The van der Waals surface area contributed by atoms with Gasteiger partial charge in [0.25, 0.3) is 0 Å². The summed E-state index contributed by atoms with van der Waals surface area (Å²) in [5.74, 6) is 0. The van der Waals surface area contributed by atoms with Crippen molar-refractivity contribution in [3.05, 3.63) is 175 Å². The highest BCUT2D eigenvalue weighted by Crippen LogP contribution is 2.51. The Balaban J connectivity index is 1.07. The number of nitrogens with zero attached hydrogens (tertiary/aromatic N) is 1. The van der Waals surface area contributed by atoms with Crippen molar-refractivity contribution in [1.29, 1.82) is 0 Å². The van der Waals surface area contributed by atoms with E-state index in [0.717, 1.165) is 39.0 Å². The van der Waals surface area contributed by atoms with Crippen LogP contribution in [0.15, 0.2) is 168 Å². The molecule has 0 saturated carbocycles. The lowest BCUT2D eigenvalue weighted by atomic mass is 9.82. The molecule has 1 aliphatic rings. The molecule has 10 aromatic rings. The van der Waals surface area contributed by atoms with Gasteiger partial charge in [-0.15, -0.1) is 11.3 Å². The van der Waals surface area contributed by atoms with Crippen LogP contribution in [-0.2, 0) is 5.41 Å². The van der Waals surface area contributed by atoms with Crippen molar-refractivity contribution in [3.63, 3.8) is 0 Å². The van der Waals surface area contributed by atoms with Crippen molar-refractivity contribution in [2.45, 2.75) is 19.3 Å². The molecule has 52 heavy (non-hydrogen) atoms. The van der Waals surface area contributed by atoms with Crippen molar-refractivity contribution >= 4 is 81.3 Å². The molecule has 0 radical (unpaired) electrons. The third-order valence-electron chi connectivity index (χ3n) is 11.3. The van der Waals surface area contributed by atoms with E-state index in [1.54, 1.807) is 0 Å². The summed E-state index contributed by atoms with van der Waals surface area (Å²) in [6, 6.07) is 60.1. The number of hydrogen-bond donors (Lipinski definition) is 0. The average molecular weight is 684 g/mol. The zero-order valence-electron chi connectivity index (χ0n) is 28.9. The first-order valence-electron chi connectivity index (χ1n) is 17.9. The van der Waals surface area contributed by atoms with Gasteiger partial charge in [-0.1, -0.05) is 111 Å². The Hall–Kier alpha value is -6.16. The van der Waals surface area contributed by atoms with Crippen LogP contribution < -0.4 is 4.90 Å². The summed E-state index contributed by atoms with van der Waals surface area (Å²) in [5.41, 5.74) is 13.0. The van der Waals surface area contributed by atoms with E-state index in [9.17, 15) is 0 Å². The lowest BCUT2D eigenvalue weighted by Gasteiger charge is -2.28. The van der Waals surface area contributed by atoms with Crippen molar-refractivity contribution in [2.24, 2.45) is 0 Å². The molecule has 2 nitrogen and oxygen atoms in total. The maximum absolute atomic E-state index is 6.31. The topological polar surface area (TPSA) is 16.4 Å². The monoisotopic (exact) mass is 683 g/mol. The Bertz CT molecular complexity index is 3050. The largest absolute Gasteiger partial charge is 0.456 e. The van der Waals surface area contributed by atoms with Crippen molar-refractivity contribution in [2.75, 3.05) is 4.90 Å². The van der Waals surface area contributed by atoms with Crippen LogP contribution in [0.2, 0.25) is 0 Å². The first-order valence-corrected chi connectivity index (χ1v) is 18.7. The number of rotatable bonds is 4. The van der Waals surface area contributed by atoms with Crippen LogP contribution in [0.3, 0.4) is 0 Å². The Morgan fingerprint density at radius 3 is 2.04 bits per heavy atom. The molecule has 8 aromatic carbocycles. The van der Waals surface area contributed by atoms with Gasteiger partial charge in [-0.25, -0.2) is 0 Å². The zero-order valence-corrected chi connectivity index (χ0v) is 29.7. The highest BCUT2D eigenvalue weighted by molar-refractivity contribution is 7.25. The second-order valence-electron chi connectivity index (χ2n) is 14.5. The first-order chi connectivity index (χ1) is 25.5.